The summed E-state index contributed by atoms with van der Waals surface area (Å²) in [5, 5.41) is 2.81. The number of benzene rings is 2. The van der Waals surface area contributed by atoms with Crippen LogP contribution in [0.2, 0.25) is 0 Å². The zero-order valence-electron chi connectivity index (χ0n) is 9.39. The molecule has 0 aliphatic heterocycles. The Hall–Kier alpha value is -1.38. The molecule has 2 aromatic carbocycles. The third-order valence-electron chi connectivity index (χ3n) is 2.53. The molecule has 2 rings (SSSR count). The van der Waals surface area contributed by atoms with Crippen molar-refractivity contribution in [2.45, 2.75) is 0 Å². The molecule has 0 heterocycles. The summed E-state index contributed by atoms with van der Waals surface area (Å²) in [5.74, 6) is 0. The van der Waals surface area contributed by atoms with Gasteiger partial charge in [-0.2, -0.15) is 0 Å². The summed E-state index contributed by atoms with van der Waals surface area (Å²) in [5.41, 5.74) is 0. The van der Waals surface area contributed by atoms with Gasteiger partial charge in [-0.3, -0.25) is 0 Å². The number of hydrogen-bond donors (Lipinski definition) is 0. The van der Waals surface area contributed by atoms with Crippen LogP contribution in [0.15, 0.2) is 60.7 Å². The van der Waals surface area contributed by atoms with Crippen molar-refractivity contribution in [1.82, 2.24) is 0 Å². The van der Waals surface area contributed by atoms with Crippen LogP contribution in [0.5, 0.6) is 0 Å². The normalized spacial score (nSPS) is 10.6. The molecule has 0 aliphatic rings. The maximum absolute atomic E-state index is 5.36. The van der Waals surface area contributed by atoms with Crippen LogP contribution in [0.25, 0.3) is 0 Å². The van der Waals surface area contributed by atoms with E-state index in [1.807, 2.05) is 0 Å². The first-order valence-corrected chi connectivity index (χ1v) is 7.08. The lowest BCUT2D eigenvalue weighted by molar-refractivity contribution is 0.251. The molecular weight excluding hydrogens is 212 g/mol. The van der Waals surface area contributed by atoms with Gasteiger partial charge in [0.1, 0.15) is 0 Å². The minimum absolute atomic E-state index is 0.773. The van der Waals surface area contributed by atoms with Crippen molar-refractivity contribution in [3.05, 3.63) is 60.7 Å². The van der Waals surface area contributed by atoms with E-state index in [4.69, 9.17) is 4.74 Å². The van der Waals surface area contributed by atoms with Crippen LogP contribution in [-0.4, -0.2) is 22.1 Å². The van der Waals surface area contributed by atoms with E-state index in [-0.39, 0.29) is 0 Å². The van der Waals surface area contributed by atoms with Crippen molar-refractivity contribution in [3.63, 3.8) is 0 Å². The quantitative estimate of drug-likeness (QED) is 0.719. The van der Waals surface area contributed by atoms with Gasteiger partial charge in [0.15, 0.2) is 8.80 Å². The average Bonchev–Trinajstić information content (AvgIpc) is 2.38. The zero-order valence-corrected chi connectivity index (χ0v) is 10.4. The molecular formula is C14H15OSi. The maximum atomic E-state index is 5.36. The third-order valence-corrected chi connectivity index (χ3v) is 5.17. The second-order valence-electron chi connectivity index (χ2n) is 3.64. The number of ether oxygens (including phenoxy) is 1. The molecule has 2 aromatic rings. The summed E-state index contributed by atoms with van der Waals surface area (Å²) >= 11 is 0. The Morgan fingerprint density at radius 2 is 1.25 bits per heavy atom. The lowest BCUT2D eigenvalue weighted by Gasteiger charge is -2.14. The average molecular weight is 227 g/mol. The fourth-order valence-corrected chi connectivity index (χ4v) is 3.90. The van der Waals surface area contributed by atoms with Gasteiger partial charge in [-0.05, 0) is 0 Å². The van der Waals surface area contributed by atoms with Crippen molar-refractivity contribution in [2.75, 3.05) is 13.3 Å². The highest BCUT2D eigenvalue weighted by atomic mass is 28.3. The van der Waals surface area contributed by atoms with Gasteiger partial charge in [0.05, 0.1) is 0 Å². The SMILES string of the molecule is COC[Si](c1ccccc1)c1ccccc1. The maximum Gasteiger partial charge on any atom is 0.150 e. The minimum Gasteiger partial charge on any atom is -0.387 e. The Bertz CT molecular complexity index is 374. The van der Waals surface area contributed by atoms with Gasteiger partial charge in [-0.1, -0.05) is 71.0 Å². The van der Waals surface area contributed by atoms with E-state index in [9.17, 15) is 0 Å². The fourth-order valence-electron chi connectivity index (χ4n) is 1.76. The van der Waals surface area contributed by atoms with Gasteiger partial charge in [0.25, 0.3) is 0 Å². The molecule has 0 bridgehead atoms. The Labute approximate surface area is 98.3 Å². The molecule has 0 saturated heterocycles. The summed E-state index contributed by atoms with van der Waals surface area (Å²) in [6.45, 7) is 0. The highest BCUT2D eigenvalue weighted by Gasteiger charge is 2.15. The van der Waals surface area contributed by atoms with E-state index in [0.29, 0.717) is 0 Å². The van der Waals surface area contributed by atoms with Crippen LogP contribution < -0.4 is 10.4 Å². The van der Waals surface area contributed by atoms with Gasteiger partial charge in [0, 0.05) is 13.3 Å². The van der Waals surface area contributed by atoms with Crippen LogP contribution in [0.4, 0.5) is 0 Å². The first-order valence-electron chi connectivity index (χ1n) is 5.37. The minimum atomic E-state index is -0.773. The van der Waals surface area contributed by atoms with Gasteiger partial charge in [0.2, 0.25) is 0 Å². The van der Waals surface area contributed by atoms with Crippen molar-refractivity contribution in [3.8, 4) is 0 Å². The van der Waals surface area contributed by atoms with Gasteiger partial charge < -0.3 is 4.74 Å². The van der Waals surface area contributed by atoms with E-state index < -0.39 is 8.80 Å². The first kappa shape index (κ1) is 11.1. The van der Waals surface area contributed by atoms with E-state index in [1.165, 1.54) is 10.4 Å². The Kier molecular flexibility index (Phi) is 3.91. The summed E-state index contributed by atoms with van der Waals surface area (Å²) in [6, 6.07) is 21.3. The highest BCUT2D eigenvalue weighted by Crippen LogP contribution is 1.93. The van der Waals surface area contributed by atoms with Crippen LogP contribution in [0, 0.1) is 0 Å². The summed E-state index contributed by atoms with van der Waals surface area (Å²) in [4.78, 5) is 0. The number of methoxy groups -OCH3 is 1. The number of rotatable bonds is 4. The van der Waals surface area contributed by atoms with Crippen molar-refractivity contribution in [2.24, 2.45) is 0 Å². The summed E-state index contributed by atoms with van der Waals surface area (Å²) < 4.78 is 5.36. The fraction of sp³-hybridized carbons (Fsp3) is 0.143. The molecule has 1 nitrogen and oxygen atoms in total. The lowest BCUT2D eigenvalue weighted by Crippen LogP contribution is -2.46. The standard InChI is InChI=1S/C14H15OSi/c1-15-12-16(13-8-4-2-5-9-13)14-10-6-3-7-11-14/h2-11H,12H2,1H3. The largest absolute Gasteiger partial charge is 0.387 e. The van der Waals surface area contributed by atoms with E-state index in [1.54, 1.807) is 7.11 Å². The van der Waals surface area contributed by atoms with Crippen molar-refractivity contribution >= 4 is 19.2 Å². The summed E-state index contributed by atoms with van der Waals surface area (Å²) in [6.07, 6.45) is 0.818. The molecule has 0 amide bonds. The van der Waals surface area contributed by atoms with E-state index in [2.05, 4.69) is 60.7 Å². The van der Waals surface area contributed by atoms with Gasteiger partial charge in [-0.25, -0.2) is 0 Å². The molecule has 0 fully saturated rings. The smallest absolute Gasteiger partial charge is 0.150 e. The Morgan fingerprint density at radius 3 is 1.62 bits per heavy atom. The van der Waals surface area contributed by atoms with Crippen LogP contribution in [-0.2, 0) is 4.74 Å². The summed E-state index contributed by atoms with van der Waals surface area (Å²) in [7, 11) is 1.00. The second-order valence-corrected chi connectivity index (χ2v) is 6.04. The Balaban J connectivity index is 2.31. The van der Waals surface area contributed by atoms with E-state index in [0.717, 1.165) is 6.23 Å². The monoisotopic (exact) mass is 227 g/mol. The predicted octanol–water partition coefficient (Wildman–Crippen LogP) is 1.48. The van der Waals surface area contributed by atoms with Crippen molar-refractivity contribution in [1.29, 1.82) is 0 Å². The second kappa shape index (κ2) is 5.63. The van der Waals surface area contributed by atoms with Gasteiger partial charge in [-0.15, -0.1) is 0 Å². The van der Waals surface area contributed by atoms with Crippen LogP contribution in [0.3, 0.4) is 0 Å². The third kappa shape index (κ3) is 2.59. The molecule has 16 heavy (non-hydrogen) atoms. The predicted molar refractivity (Wildman–Crippen MR) is 69.8 cm³/mol. The molecule has 1 radical (unpaired) electrons. The molecule has 0 N–H and O–H groups in total. The molecule has 2 heteroatoms. The van der Waals surface area contributed by atoms with Gasteiger partial charge >= 0.3 is 0 Å². The number of hydrogen-bond acceptors (Lipinski definition) is 1. The Morgan fingerprint density at radius 1 is 0.812 bits per heavy atom. The molecule has 0 aliphatic carbocycles. The molecule has 0 saturated carbocycles. The van der Waals surface area contributed by atoms with Crippen LogP contribution in [0.1, 0.15) is 0 Å². The van der Waals surface area contributed by atoms with Crippen LogP contribution >= 0.6 is 0 Å². The molecule has 81 valence electrons. The zero-order chi connectivity index (χ0) is 11.2. The topological polar surface area (TPSA) is 9.23 Å². The molecule has 0 atom stereocenters. The van der Waals surface area contributed by atoms with E-state index >= 15 is 0 Å². The van der Waals surface area contributed by atoms with Crippen molar-refractivity contribution < 1.29 is 4.74 Å². The highest BCUT2D eigenvalue weighted by molar-refractivity contribution is 6.85. The lowest BCUT2D eigenvalue weighted by atomic mass is 10.4. The molecule has 0 unspecified atom stereocenters. The molecule has 0 spiro atoms. The molecule has 0 aromatic heterocycles. The first-order chi connectivity index (χ1) is 7.92.